The van der Waals surface area contributed by atoms with Crippen molar-refractivity contribution in [2.75, 3.05) is 44.5 Å². The number of terminal acetylenes is 1. The van der Waals surface area contributed by atoms with Gasteiger partial charge in [-0.2, -0.15) is 0 Å². The molecule has 1 spiro atoms. The molecule has 7 nitrogen and oxygen atoms in total. The van der Waals surface area contributed by atoms with E-state index < -0.39 is 11.6 Å². The molecule has 2 N–H and O–H groups in total. The minimum atomic E-state index is -1.14. The lowest BCUT2D eigenvalue weighted by Gasteiger charge is -2.37. The standard InChI is InChI=1S/C28H26N4O3/c1-6-13-30-26(29)17-7-10-21-20(14-17)27(33)35-28(21)22-11-8-18(31(2)3)15-24(22)34-25-16-19(32(4)5)9-12-23(25)28/h1,7-12,14-16H,13H2,2-5H3,(H2,29,30). The van der Waals surface area contributed by atoms with Gasteiger partial charge in [-0.25, -0.2) is 4.79 Å². The highest BCUT2D eigenvalue weighted by Gasteiger charge is 2.53. The van der Waals surface area contributed by atoms with Crippen LogP contribution < -0.4 is 20.3 Å². The number of carbonyl (C=O) groups excluding carboxylic acids is 1. The summed E-state index contributed by atoms with van der Waals surface area (Å²) in [5, 5.41) is 0. The molecule has 2 aliphatic rings. The Labute approximate surface area is 204 Å². The Hall–Kier alpha value is -4.44. The number of anilines is 2. The van der Waals surface area contributed by atoms with Crippen LogP contribution in [-0.2, 0) is 10.3 Å². The van der Waals surface area contributed by atoms with E-state index in [2.05, 4.69) is 10.9 Å². The van der Waals surface area contributed by atoms with Gasteiger partial charge in [0.2, 0.25) is 0 Å². The van der Waals surface area contributed by atoms with Crippen molar-refractivity contribution in [1.29, 1.82) is 0 Å². The Morgan fingerprint density at radius 3 is 2.06 bits per heavy atom. The average Bonchev–Trinajstić information content (AvgIpc) is 3.14. The number of hydrogen-bond donors (Lipinski definition) is 1. The van der Waals surface area contributed by atoms with Gasteiger partial charge in [-0.1, -0.05) is 18.1 Å². The number of benzene rings is 3. The molecule has 3 aromatic rings. The first kappa shape index (κ1) is 22.4. The Bertz CT molecular complexity index is 1380. The average molecular weight is 467 g/mol. The first-order valence-electron chi connectivity index (χ1n) is 11.2. The maximum atomic E-state index is 13.3. The van der Waals surface area contributed by atoms with Crippen LogP contribution in [0.25, 0.3) is 0 Å². The molecule has 0 atom stereocenters. The van der Waals surface area contributed by atoms with E-state index in [0.717, 1.165) is 28.1 Å². The van der Waals surface area contributed by atoms with Crippen molar-refractivity contribution < 1.29 is 14.3 Å². The number of ether oxygens (including phenoxy) is 2. The molecule has 0 unspecified atom stereocenters. The van der Waals surface area contributed by atoms with Crippen LogP contribution in [0, 0.1) is 12.3 Å². The number of carbonyl (C=O) groups is 1. The summed E-state index contributed by atoms with van der Waals surface area (Å²) >= 11 is 0. The van der Waals surface area contributed by atoms with E-state index in [1.807, 2.05) is 86.5 Å². The number of nitrogens with zero attached hydrogens (tertiary/aromatic N) is 3. The van der Waals surface area contributed by atoms with Gasteiger partial charge < -0.3 is 25.0 Å². The highest BCUT2D eigenvalue weighted by molar-refractivity contribution is 6.03. The Morgan fingerprint density at radius 2 is 1.51 bits per heavy atom. The Morgan fingerprint density at radius 1 is 0.943 bits per heavy atom. The van der Waals surface area contributed by atoms with Crippen LogP contribution in [0.4, 0.5) is 11.4 Å². The topological polar surface area (TPSA) is 80.4 Å². The molecule has 0 aromatic heterocycles. The first-order valence-corrected chi connectivity index (χ1v) is 11.2. The molecule has 35 heavy (non-hydrogen) atoms. The lowest BCUT2D eigenvalue weighted by Crippen LogP contribution is -2.33. The smallest absolute Gasteiger partial charge is 0.340 e. The highest BCUT2D eigenvalue weighted by Crippen LogP contribution is 2.57. The Balaban J connectivity index is 1.76. The maximum absolute atomic E-state index is 13.3. The summed E-state index contributed by atoms with van der Waals surface area (Å²) < 4.78 is 12.7. The fourth-order valence-electron chi connectivity index (χ4n) is 4.64. The lowest BCUT2D eigenvalue weighted by molar-refractivity contribution is 0.0224. The van der Waals surface area contributed by atoms with Crippen LogP contribution >= 0.6 is 0 Å². The van der Waals surface area contributed by atoms with Crippen molar-refractivity contribution >= 4 is 23.2 Å². The molecule has 0 bridgehead atoms. The van der Waals surface area contributed by atoms with Gasteiger partial charge in [0.25, 0.3) is 0 Å². The second kappa shape index (κ2) is 8.10. The van der Waals surface area contributed by atoms with E-state index in [9.17, 15) is 4.79 Å². The van der Waals surface area contributed by atoms with E-state index in [4.69, 9.17) is 21.6 Å². The minimum absolute atomic E-state index is 0.164. The number of fused-ring (bicyclic) bond motifs is 6. The minimum Gasteiger partial charge on any atom is -0.456 e. The third-order valence-electron chi connectivity index (χ3n) is 6.44. The van der Waals surface area contributed by atoms with Crippen molar-refractivity contribution in [1.82, 2.24) is 0 Å². The first-order chi connectivity index (χ1) is 16.8. The van der Waals surface area contributed by atoms with Crippen LogP contribution in [0.15, 0.2) is 59.6 Å². The summed E-state index contributed by atoms with van der Waals surface area (Å²) in [4.78, 5) is 21.5. The second-order valence-corrected chi connectivity index (χ2v) is 8.99. The molecule has 3 aromatic carbocycles. The quantitative estimate of drug-likeness (QED) is 0.273. The maximum Gasteiger partial charge on any atom is 0.340 e. The van der Waals surface area contributed by atoms with Crippen LogP contribution in [0.5, 0.6) is 11.5 Å². The largest absolute Gasteiger partial charge is 0.456 e. The third-order valence-corrected chi connectivity index (χ3v) is 6.44. The zero-order chi connectivity index (χ0) is 24.9. The molecule has 176 valence electrons. The predicted molar refractivity (Wildman–Crippen MR) is 138 cm³/mol. The Kier molecular flexibility index (Phi) is 5.17. The van der Waals surface area contributed by atoms with E-state index in [0.29, 0.717) is 22.6 Å². The zero-order valence-electron chi connectivity index (χ0n) is 20.1. The number of hydrogen-bond acceptors (Lipinski definition) is 6. The second-order valence-electron chi connectivity index (χ2n) is 8.99. The summed E-state index contributed by atoms with van der Waals surface area (Å²) in [5.74, 6) is 3.56. The fraction of sp³-hybridized carbons (Fsp3) is 0.214. The molecule has 7 heteroatoms. The lowest BCUT2D eigenvalue weighted by atomic mass is 9.77. The molecule has 0 saturated heterocycles. The van der Waals surface area contributed by atoms with Gasteiger partial charge >= 0.3 is 5.97 Å². The van der Waals surface area contributed by atoms with Gasteiger partial charge in [-0.3, -0.25) is 4.99 Å². The number of nitrogens with two attached hydrogens (primary N) is 1. The fourth-order valence-corrected chi connectivity index (χ4v) is 4.64. The van der Waals surface area contributed by atoms with E-state index >= 15 is 0 Å². The van der Waals surface area contributed by atoms with Crippen molar-refractivity contribution in [3.8, 4) is 23.8 Å². The predicted octanol–water partition coefficient (Wildman–Crippen LogP) is 3.73. The summed E-state index contributed by atoms with van der Waals surface area (Å²) in [6.07, 6.45) is 5.30. The molecule has 2 aliphatic heterocycles. The van der Waals surface area contributed by atoms with E-state index in [-0.39, 0.29) is 12.4 Å². The van der Waals surface area contributed by atoms with Crippen molar-refractivity contribution in [2.24, 2.45) is 10.7 Å². The van der Waals surface area contributed by atoms with Crippen molar-refractivity contribution in [3.05, 3.63) is 82.4 Å². The van der Waals surface area contributed by atoms with Gasteiger partial charge in [0, 0.05) is 74.0 Å². The van der Waals surface area contributed by atoms with Gasteiger partial charge in [0.05, 0.1) is 5.56 Å². The molecule has 2 heterocycles. The van der Waals surface area contributed by atoms with E-state index in [1.165, 1.54) is 0 Å². The van der Waals surface area contributed by atoms with Crippen LogP contribution in [0.2, 0.25) is 0 Å². The molecule has 0 radical (unpaired) electrons. The highest BCUT2D eigenvalue weighted by atomic mass is 16.6. The zero-order valence-corrected chi connectivity index (χ0v) is 20.1. The molecule has 0 aliphatic carbocycles. The van der Waals surface area contributed by atoms with E-state index in [1.54, 1.807) is 6.07 Å². The summed E-state index contributed by atoms with van der Waals surface area (Å²) in [6.45, 7) is 0.164. The molecular weight excluding hydrogens is 440 g/mol. The monoisotopic (exact) mass is 466 g/mol. The molecule has 0 amide bonds. The van der Waals surface area contributed by atoms with Gasteiger partial charge in [-0.05, 0) is 30.3 Å². The SMILES string of the molecule is C#CCN=C(N)c1ccc2c(c1)C(=O)OC21c2ccc(N(C)C)cc2Oc2cc(N(C)C)ccc21. The molecule has 0 fully saturated rings. The van der Waals surface area contributed by atoms with Crippen LogP contribution in [0.1, 0.15) is 32.6 Å². The molecule has 5 rings (SSSR count). The molecular formula is C28H26N4O3. The van der Waals surface area contributed by atoms with Crippen LogP contribution in [0.3, 0.4) is 0 Å². The normalized spacial score (nSPS) is 14.8. The molecule has 0 saturated carbocycles. The van der Waals surface area contributed by atoms with Gasteiger partial charge in [0.15, 0.2) is 5.60 Å². The third kappa shape index (κ3) is 3.38. The van der Waals surface area contributed by atoms with Gasteiger partial charge in [0.1, 0.15) is 23.9 Å². The van der Waals surface area contributed by atoms with Crippen molar-refractivity contribution in [3.63, 3.8) is 0 Å². The number of rotatable bonds is 4. The summed E-state index contributed by atoms with van der Waals surface area (Å²) in [6, 6.07) is 17.3. The van der Waals surface area contributed by atoms with Crippen LogP contribution in [-0.4, -0.2) is 46.5 Å². The number of esters is 1. The number of aliphatic imine (C=N–C) groups is 1. The van der Waals surface area contributed by atoms with Crippen molar-refractivity contribution in [2.45, 2.75) is 5.60 Å². The number of amidine groups is 1. The summed E-state index contributed by atoms with van der Waals surface area (Å²) in [7, 11) is 7.88. The summed E-state index contributed by atoms with van der Waals surface area (Å²) in [5.41, 5.74) is 10.2. The van der Waals surface area contributed by atoms with Gasteiger partial charge in [-0.15, -0.1) is 6.42 Å².